The lowest BCUT2D eigenvalue weighted by molar-refractivity contribution is -0.383. The Kier molecular flexibility index (Phi) is 3.02. The van der Waals surface area contributed by atoms with E-state index in [-0.39, 0.29) is 11.4 Å². The average Bonchev–Trinajstić information content (AvgIpc) is 2.85. The first kappa shape index (κ1) is 13.0. The lowest BCUT2D eigenvalue weighted by Gasteiger charge is -2.06. The van der Waals surface area contributed by atoms with Crippen molar-refractivity contribution in [2.45, 2.75) is 13.5 Å². The van der Waals surface area contributed by atoms with Crippen LogP contribution in [0.15, 0.2) is 36.7 Å². The van der Waals surface area contributed by atoms with Crippen molar-refractivity contribution < 1.29 is 4.92 Å². The number of benzene rings is 1. The van der Waals surface area contributed by atoms with Crippen LogP contribution in [0, 0.1) is 10.1 Å². The van der Waals surface area contributed by atoms with E-state index in [0.717, 1.165) is 11.0 Å². The summed E-state index contributed by atoms with van der Waals surface area (Å²) in [6.07, 6.45) is 3.38. The summed E-state index contributed by atoms with van der Waals surface area (Å²) >= 11 is 0. The minimum atomic E-state index is -0.487. The zero-order valence-electron chi connectivity index (χ0n) is 11.4. The summed E-state index contributed by atoms with van der Waals surface area (Å²) in [6.45, 7) is 2.70. The van der Waals surface area contributed by atoms with Crippen LogP contribution in [-0.4, -0.2) is 19.5 Å². The standard InChI is InChI=1S/C14H13N5O2/c1-2-18-12-5-6-16-8-11(12)17-14(18)9-3-4-10(15)13(7-9)19(20)21/h3-8H,2,15H2,1H3. The second kappa shape index (κ2) is 4.86. The van der Waals surface area contributed by atoms with Crippen LogP contribution in [0.1, 0.15) is 6.92 Å². The van der Waals surface area contributed by atoms with E-state index < -0.39 is 4.92 Å². The smallest absolute Gasteiger partial charge is 0.292 e. The molecule has 7 nitrogen and oxygen atoms in total. The molecule has 0 aliphatic carbocycles. The first-order valence-electron chi connectivity index (χ1n) is 6.46. The molecule has 106 valence electrons. The number of nitrogens with two attached hydrogens (primary N) is 1. The monoisotopic (exact) mass is 283 g/mol. The minimum absolute atomic E-state index is 0.111. The number of hydrogen-bond donors (Lipinski definition) is 1. The Morgan fingerprint density at radius 3 is 2.90 bits per heavy atom. The quantitative estimate of drug-likeness (QED) is 0.452. The molecular weight excluding hydrogens is 270 g/mol. The molecule has 0 unspecified atom stereocenters. The molecule has 0 spiro atoms. The molecule has 0 saturated heterocycles. The van der Waals surface area contributed by atoms with Crippen LogP contribution >= 0.6 is 0 Å². The van der Waals surface area contributed by atoms with Crippen LogP contribution in [-0.2, 0) is 6.54 Å². The van der Waals surface area contributed by atoms with Crippen LogP contribution in [0.25, 0.3) is 22.4 Å². The normalized spacial score (nSPS) is 10.9. The van der Waals surface area contributed by atoms with Crippen LogP contribution in [0.4, 0.5) is 11.4 Å². The minimum Gasteiger partial charge on any atom is -0.393 e. The van der Waals surface area contributed by atoms with Gasteiger partial charge in [-0.3, -0.25) is 15.1 Å². The summed E-state index contributed by atoms with van der Waals surface area (Å²) in [6, 6.07) is 6.60. The first-order chi connectivity index (χ1) is 10.1. The Labute approximate surface area is 120 Å². The average molecular weight is 283 g/mol. The molecule has 0 aliphatic heterocycles. The van der Waals surface area contributed by atoms with Gasteiger partial charge in [0.2, 0.25) is 0 Å². The van der Waals surface area contributed by atoms with Gasteiger partial charge in [-0.25, -0.2) is 4.98 Å². The number of hydrogen-bond acceptors (Lipinski definition) is 5. The van der Waals surface area contributed by atoms with E-state index in [1.165, 1.54) is 12.1 Å². The third-order valence-electron chi connectivity index (χ3n) is 3.35. The molecule has 2 heterocycles. The van der Waals surface area contributed by atoms with Gasteiger partial charge in [0.25, 0.3) is 5.69 Å². The zero-order chi connectivity index (χ0) is 15.0. The summed E-state index contributed by atoms with van der Waals surface area (Å²) < 4.78 is 1.99. The van der Waals surface area contributed by atoms with Gasteiger partial charge in [-0.05, 0) is 25.1 Å². The fraction of sp³-hybridized carbons (Fsp3) is 0.143. The van der Waals surface area contributed by atoms with E-state index in [2.05, 4.69) is 9.97 Å². The molecule has 0 bridgehead atoms. The highest BCUT2D eigenvalue weighted by atomic mass is 16.6. The Hall–Kier alpha value is -2.96. The topological polar surface area (TPSA) is 99.9 Å². The number of anilines is 1. The van der Waals surface area contributed by atoms with Gasteiger partial charge in [-0.1, -0.05) is 0 Å². The second-order valence-electron chi connectivity index (χ2n) is 4.57. The fourth-order valence-corrected chi connectivity index (χ4v) is 2.36. The second-order valence-corrected chi connectivity index (χ2v) is 4.57. The van der Waals surface area contributed by atoms with Gasteiger partial charge in [0, 0.05) is 24.4 Å². The first-order valence-corrected chi connectivity index (χ1v) is 6.46. The summed E-state index contributed by atoms with van der Waals surface area (Å²) in [4.78, 5) is 19.1. The number of rotatable bonds is 3. The van der Waals surface area contributed by atoms with Crippen molar-refractivity contribution in [3.8, 4) is 11.4 Å². The zero-order valence-corrected chi connectivity index (χ0v) is 11.4. The largest absolute Gasteiger partial charge is 0.393 e. The van der Waals surface area contributed by atoms with E-state index in [0.29, 0.717) is 17.9 Å². The number of nitrogens with zero attached hydrogens (tertiary/aromatic N) is 4. The van der Waals surface area contributed by atoms with Crippen molar-refractivity contribution >= 4 is 22.4 Å². The van der Waals surface area contributed by atoms with Gasteiger partial charge in [0.05, 0.1) is 16.6 Å². The Morgan fingerprint density at radius 2 is 2.19 bits per heavy atom. The number of aromatic nitrogens is 3. The maximum atomic E-state index is 11.0. The summed E-state index contributed by atoms with van der Waals surface area (Å²) in [5.74, 6) is 0.670. The third kappa shape index (κ3) is 2.08. The molecule has 0 radical (unpaired) electrons. The predicted molar refractivity (Wildman–Crippen MR) is 79.7 cm³/mol. The Bertz CT molecular complexity index is 840. The number of aryl methyl sites for hydroxylation is 1. The van der Waals surface area contributed by atoms with Gasteiger partial charge >= 0.3 is 0 Å². The van der Waals surface area contributed by atoms with Crippen molar-refractivity contribution in [1.29, 1.82) is 0 Å². The van der Waals surface area contributed by atoms with Crippen LogP contribution in [0.3, 0.4) is 0 Å². The molecule has 7 heteroatoms. The lowest BCUT2D eigenvalue weighted by atomic mass is 10.1. The van der Waals surface area contributed by atoms with Crippen LogP contribution in [0.5, 0.6) is 0 Å². The molecule has 3 aromatic rings. The van der Waals surface area contributed by atoms with E-state index in [4.69, 9.17) is 5.73 Å². The highest BCUT2D eigenvalue weighted by Gasteiger charge is 2.17. The van der Waals surface area contributed by atoms with E-state index >= 15 is 0 Å². The van der Waals surface area contributed by atoms with Crippen molar-refractivity contribution in [2.75, 3.05) is 5.73 Å². The van der Waals surface area contributed by atoms with Crippen LogP contribution < -0.4 is 5.73 Å². The molecule has 21 heavy (non-hydrogen) atoms. The summed E-state index contributed by atoms with van der Waals surface area (Å²) in [7, 11) is 0. The van der Waals surface area contributed by atoms with Gasteiger partial charge in [0.1, 0.15) is 17.0 Å². The number of nitrogen functional groups attached to an aromatic ring is 1. The van der Waals surface area contributed by atoms with Crippen LogP contribution in [0.2, 0.25) is 0 Å². The van der Waals surface area contributed by atoms with Gasteiger partial charge in [-0.15, -0.1) is 0 Å². The number of nitro benzene ring substituents is 1. The number of pyridine rings is 1. The SMILES string of the molecule is CCn1c(-c2ccc(N)c([N+](=O)[O-])c2)nc2cnccc21. The van der Waals surface area contributed by atoms with E-state index in [1.54, 1.807) is 18.5 Å². The Balaban J connectivity index is 2.25. The number of imidazole rings is 1. The van der Waals surface area contributed by atoms with Crippen molar-refractivity contribution in [2.24, 2.45) is 0 Å². The third-order valence-corrected chi connectivity index (χ3v) is 3.35. The number of nitro groups is 1. The molecule has 0 atom stereocenters. The summed E-state index contributed by atoms with van der Waals surface area (Å²) in [5, 5.41) is 11.0. The molecule has 0 fully saturated rings. The highest BCUT2D eigenvalue weighted by molar-refractivity contribution is 5.81. The van der Waals surface area contributed by atoms with E-state index in [9.17, 15) is 10.1 Å². The molecule has 0 saturated carbocycles. The molecule has 2 N–H and O–H groups in total. The molecule has 1 aromatic carbocycles. The lowest BCUT2D eigenvalue weighted by Crippen LogP contribution is -2.00. The van der Waals surface area contributed by atoms with Gasteiger partial charge < -0.3 is 10.3 Å². The molecule has 3 rings (SSSR count). The van der Waals surface area contributed by atoms with E-state index in [1.807, 2.05) is 17.6 Å². The van der Waals surface area contributed by atoms with Crippen molar-refractivity contribution in [3.63, 3.8) is 0 Å². The summed E-state index contributed by atoms with van der Waals surface area (Å²) in [5.41, 5.74) is 8.03. The predicted octanol–water partition coefficient (Wildman–Crippen LogP) is 2.61. The molecule has 0 aliphatic rings. The number of fused-ring (bicyclic) bond motifs is 1. The molecule has 0 amide bonds. The fourth-order valence-electron chi connectivity index (χ4n) is 2.36. The van der Waals surface area contributed by atoms with Gasteiger partial charge in [-0.2, -0.15) is 0 Å². The maximum absolute atomic E-state index is 11.0. The highest BCUT2D eigenvalue weighted by Crippen LogP contribution is 2.30. The molecule has 2 aromatic heterocycles. The van der Waals surface area contributed by atoms with Crippen molar-refractivity contribution in [1.82, 2.24) is 14.5 Å². The van der Waals surface area contributed by atoms with Crippen molar-refractivity contribution in [3.05, 3.63) is 46.8 Å². The Morgan fingerprint density at radius 1 is 1.38 bits per heavy atom. The molecular formula is C14H13N5O2. The maximum Gasteiger partial charge on any atom is 0.292 e. The van der Waals surface area contributed by atoms with Gasteiger partial charge in [0.15, 0.2) is 0 Å².